The number of halogens is 1. The highest BCUT2D eigenvalue weighted by atomic mass is 19.1. The summed E-state index contributed by atoms with van der Waals surface area (Å²) >= 11 is 0. The predicted octanol–water partition coefficient (Wildman–Crippen LogP) is 3.35. The van der Waals surface area contributed by atoms with Gasteiger partial charge in [0.25, 0.3) is 0 Å². The van der Waals surface area contributed by atoms with Gasteiger partial charge in [-0.15, -0.1) is 0 Å². The fourth-order valence-electron chi connectivity index (χ4n) is 2.24. The van der Waals surface area contributed by atoms with Gasteiger partial charge in [-0.05, 0) is 43.2 Å². The average molecular weight is 251 g/mol. The highest BCUT2D eigenvalue weighted by Gasteiger charge is 2.29. The number of nitrogens with zero attached hydrogens (tertiary/aromatic N) is 1. The van der Waals surface area contributed by atoms with E-state index in [-0.39, 0.29) is 11.7 Å². The molecule has 0 N–H and O–H groups in total. The lowest BCUT2D eigenvalue weighted by atomic mass is 9.76. The van der Waals surface area contributed by atoms with Gasteiger partial charge >= 0.3 is 5.97 Å². The van der Waals surface area contributed by atoms with E-state index >= 15 is 0 Å². The molecule has 0 saturated heterocycles. The third-order valence-corrected chi connectivity index (χ3v) is 3.54. The summed E-state index contributed by atoms with van der Waals surface area (Å²) in [5.41, 5.74) is 0.241. The van der Waals surface area contributed by atoms with Crippen LogP contribution in [0.4, 0.5) is 4.39 Å². The third-order valence-electron chi connectivity index (χ3n) is 3.54. The van der Waals surface area contributed by atoms with Crippen molar-refractivity contribution in [1.82, 2.24) is 4.98 Å². The molecule has 98 valence electrons. The first-order valence-corrected chi connectivity index (χ1v) is 6.29. The molecule has 4 heteroatoms. The van der Waals surface area contributed by atoms with Gasteiger partial charge in [-0.3, -0.25) is 0 Å². The van der Waals surface area contributed by atoms with Crippen molar-refractivity contribution in [2.24, 2.45) is 5.41 Å². The van der Waals surface area contributed by atoms with Crippen molar-refractivity contribution in [2.45, 2.75) is 45.6 Å². The molecule has 1 aromatic heterocycles. The topological polar surface area (TPSA) is 39.2 Å². The largest absolute Gasteiger partial charge is 0.459 e. The number of carbonyl (C=O) groups excluding carboxylic acids is 1. The molecule has 1 saturated carbocycles. The van der Waals surface area contributed by atoms with Crippen molar-refractivity contribution in [3.8, 4) is 0 Å². The Morgan fingerprint density at radius 2 is 2.11 bits per heavy atom. The van der Waals surface area contributed by atoms with Gasteiger partial charge in [0, 0.05) is 6.20 Å². The van der Waals surface area contributed by atoms with Crippen LogP contribution in [0.15, 0.2) is 18.3 Å². The van der Waals surface area contributed by atoms with E-state index in [4.69, 9.17) is 4.74 Å². The number of esters is 1. The van der Waals surface area contributed by atoms with Crippen LogP contribution in [0.3, 0.4) is 0 Å². The van der Waals surface area contributed by atoms with E-state index in [1.165, 1.54) is 18.3 Å². The first-order chi connectivity index (χ1) is 8.48. The second-order valence-corrected chi connectivity index (χ2v) is 5.61. The summed E-state index contributed by atoms with van der Waals surface area (Å²) < 4.78 is 18.6. The van der Waals surface area contributed by atoms with Gasteiger partial charge in [-0.25, -0.2) is 9.78 Å². The summed E-state index contributed by atoms with van der Waals surface area (Å²) in [4.78, 5) is 15.2. The molecule has 0 bridgehead atoms. The minimum absolute atomic E-state index is 0.0812. The number of ether oxygens (including phenoxy) is 1. The highest BCUT2D eigenvalue weighted by molar-refractivity contribution is 5.89. The Labute approximate surface area is 106 Å². The van der Waals surface area contributed by atoms with E-state index in [1.807, 2.05) is 0 Å². The molecule has 0 spiro atoms. The number of hydrogen-bond acceptors (Lipinski definition) is 3. The molecule has 0 atom stereocenters. The van der Waals surface area contributed by atoms with E-state index in [9.17, 15) is 9.18 Å². The summed E-state index contributed by atoms with van der Waals surface area (Å²) in [7, 11) is 0. The van der Waals surface area contributed by atoms with Crippen LogP contribution in [0.2, 0.25) is 0 Å². The van der Waals surface area contributed by atoms with Crippen LogP contribution in [-0.2, 0) is 4.74 Å². The predicted molar refractivity (Wildman–Crippen MR) is 65.6 cm³/mol. The first-order valence-electron chi connectivity index (χ1n) is 6.29. The van der Waals surface area contributed by atoms with Gasteiger partial charge in [0.1, 0.15) is 11.7 Å². The molecule has 0 unspecified atom stereocenters. The second-order valence-electron chi connectivity index (χ2n) is 5.61. The van der Waals surface area contributed by atoms with Crippen LogP contribution in [0.1, 0.15) is 49.9 Å². The van der Waals surface area contributed by atoms with Gasteiger partial charge in [0.05, 0.1) is 0 Å². The van der Waals surface area contributed by atoms with Crippen LogP contribution in [0.5, 0.6) is 0 Å². The number of rotatable bonds is 2. The van der Waals surface area contributed by atoms with Crippen LogP contribution < -0.4 is 0 Å². The SMILES string of the molecule is CC1(C)CCC(OC(=O)c2cccnc2F)CC1. The number of aromatic nitrogens is 1. The molecule has 1 aliphatic carbocycles. The van der Waals surface area contributed by atoms with E-state index in [2.05, 4.69) is 18.8 Å². The Kier molecular flexibility index (Phi) is 3.64. The molecule has 1 aromatic rings. The fourth-order valence-corrected chi connectivity index (χ4v) is 2.24. The van der Waals surface area contributed by atoms with Crippen molar-refractivity contribution in [3.05, 3.63) is 29.8 Å². The highest BCUT2D eigenvalue weighted by Crippen LogP contribution is 2.36. The molecule has 0 aromatic carbocycles. The van der Waals surface area contributed by atoms with E-state index in [0.29, 0.717) is 5.41 Å². The Bertz CT molecular complexity index is 435. The quantitative estimate of drug-likeness (QED) is 0.597. The Morgan fingerprint density at radius 1 is 1.44 bits per heavy atom. The second kappa shape index (κ2) is 5.04. The van der Waals surface area contributed by atoms with Crippen molar-refractivity contribution < 1.29 is 13.9 Å². The lowest BCUT2D eigenvalue weighted by Crippen LogP contribution is -2.28. The molecule has 2 rings (SSSR count). The van der Waals surface area contributed by atoms with Crippen molar-refractivity contribution >= 4 is 5.97 Å². The smallest absolute Gasteiger partial charge is 0.343 e. The average Bonchev–Trinajstić information content (AvgIpc) is 2.32. The van der Waals surface area contributed by atoms with Gasteiger partial charge < -0.3 is 4.74 Å². The summed E-state index contributed by atoms with van der Waals surface area (Å²) in [6.07, 6.45) is 4.97. The molecule has 1 aliphatic rings. The molecule has 0 radical (unpaired) electrons. The van der Waals surface area contributed by atoms with Crippen LogP contribution >= 0.6 is 0 Å². The minimum atomic E-state index is -0.765. The Balaban J connectivity index is 1.95. The lowest BCUT2D eigenvalue weighted by Gasteiger charge is -2.33. The Morgan fingerprint density at radius 3 is 2.72 bits per heavy atom. The monoisotopic (exact) mass is 251 g/mol. The molecule has 18 heavy (non-hydrogen) atoms. The van der Waals surface area contributed by atoms with E-state index in [1.54, 1.807) is 0 Å². The maximum absolute atomic E-state index is 13.3. The standard InChI is InChI=1S/C14H18FNO2/c1-14(2)7-5-10(6-8-14)18-13(17)11-4-3-9-16-12(11)15/h3-4,9-10H,5-8H2,1-2H3. The van der Waals surface area contributed by atoms with E-state index in [0.717, 1.165) is 25.7 Å². The first kappa shape index (κ1) is 13.0. The molecule has 1 fully saturated rings. The van der Waals surface area contributed by atoms with Crippen molar-refractivity contribution in [2.75, 3.05) is 0 Å². The van der Waals surface area contributed by atoms with Crippen LogP contribution in [-0.4, -0.2) is 17.1 Å². The summed E-state index contributed by atoms with van der Waals surface area (Å²) in [6.45, 7) is 4.43. The van der Waals surface area contributed by atoms with Gasteiger partial charge in [-0.1, -0.05) is 13.8 Å². The number of carbonyl (C=O) groups is 1. The van der Waals surface area contributed by atoms with Crippen LogP contribution in [0, 0.1) is 11.4 Å². The zero-order valence-electron chi connectivity index (χ0n) is 10.8. The summed E-state index contributed by atoms with van der Waals surface area (Å²) in [5.74, 6) is -1.37. The third kappa shape index (κ3) is 3.06. The lowest BCUT2D eigenvalue weighted by molar-refractivity contribution is 0.00897. The zero-order chi connectivity index (χ0) is 13.2. The fraction of sp³-hybridized carbons (Fsp3) is 0.571. The maximum atomic E-state index is 13.3. The molecular weight excluding hydrogens is 233 g/mol. The van der Waals surface area contributed by atoms with E-state index < -0.39 is 11.9 Å². The Hall–Kier alpha value is -1.45. The van der Waals surface area contributed by atoms with Gasteiger partial charge in [-0.2, -0.15) is 4.39 Å². The summed E-state index contributed by atoms with van der Waals surface area (Å²) in [5, 5.41) is 0. The van der Waals surface area contributed by atoms with Gasteiger partial charge in [0.15, 0.2) is 0 Å². The molecule has 3 nitrogen and oxygen atoms in total. The van der Waals surface area contributed by atoms with Crippen molar-refractivity contribution in [3.63, 3.8) is 0 Å². The molecule has 0 aliphatic heterocycles. The molecule has 0 amide bonds. The minimum Gasteiger partial charge on any atom is -0.459 e. The maximum Gasteiger partial charge on any atom is 0.343 e. The van der Waals surface area contributed by atoms with Crippen molar-refractivity contribution in [1.29, 1.82) is 0 Å². The normalized spacial score (nSPS) is 19.5. The number of hydrogen-bond donors (Lipinski definition) is 0. The molecule has 1 heterocycles. The van der Waals surface area contributed by atoms with Gasteiger partial charge in [0.2, 0.25) is 5.95 Å². The zero-order valence-corrected chi connectivity index (χ0v) is 10.8. The number of pyridine rings is 1. The summed E-state index contributed by atoms with van der Waals surface area (Å²) in [6, 6.07) is 2.93. The van der Waals surface area contributed by atoms with Crippen LogP contribution in [0.25, 0.3) is 0 Å². The molecular formula is C14H18FNO2.